The van der Waals surface area contributed by atoms with Crippen LogP contribution in [0.2, 0.25) is 0 Å². The summed E-state index contributed by atoms with van der Waals surface area (Å²) in [5.41, 5.74) is 0. The largest absolute Gasteiger partial charge is 1.00 e. The van der Waals surface area contributed by atoms with Crippen LogP contribution in [-0.2, 0) is 4.74 Å². The van der Waals surface area contributed by atoms with Crippen molar-refractivity contribution in [1.82, 2.24) is 0 Å². The van der Waals surface area contributed by atoms with Crippen molar-refractivity contribution in [2.45, 2.75) is 13.8 Å². The molecule has 0 aliphatic rings. The summed E-state index contributed by atoms with van der Waals surface area (Å²) in [5, 5.41) is 7.32. The fraction of sp³-hybridized carbons (Fsp3) is 0.600. The summed E-state index contributed by atoms with van der Waals surface area (Å²) >= 11 is 8.12. The Bertz CT molecular complexity index is 118. The van der Waals surface area contributed by atoms with Gasteiger partial charge in [0.05, 0.1) is 12.7 Å². The standard InChI is InChI=1S/C3H6OS2.C2H3N.K.H/c1-2-4-3(5)6;1-2-3;;/h2H2,1H3,(H,5,6);1H3;;/q;;+1;-1. The van der Waals surface area contributed by atoms with E-state index in [9.17, 15) is 0 Å². The Hall–Kier alpha value is 1.37. The van der Waals surface area contributed by atoms with Gasteiger partial charge in [0.2, 0.25) is 4.38 Å². The topological polar surface area (TPSA) is 33.0 Å². The zero-order valence-electron chi connectivity index (χ0n) is 7.42. The van der Waals surface area contributed by atoms with Gasteiger partial charge in [-0.05, 0) is 19.1 Å². The molecule has 0 radical (unpaired) electrons. The van der Waals surface area contributed by atoms with Crippen molar-refractivity contribution < 1.29 is 57.5 Å². The molecule has 10 heavy (non-hydrogen) atoms. The van der Waals surface area contributed by atoms with E-state index in [2.05, 4.69) is 29.6 Å². The molecule has 0 amide bonds. The second kappa shape index (κ2) is 16.8. The van der Waals surface area contributed by atoms with E-state index in [1.54, 1.807) is 6.07 Å². The molecule has 54 valence electrons. The van der Waals surface area contributed by atoms with Crippen molar-refractivity contribution in [3.8, 4) is 6.07 Å². The van der Waals surface area contributed by atoms with Crippen LogP contribution in [0.3, 0.4) is 0 Å². The molecule has 5 heteroatoms. The molecule has 0 aromatic carbocycles. The van der Waals surface area contributed by atoms with Gasteiger partial charge in [0.15, 0.2) is 0 Å². The maximum absolute atomic E-state index is 7.32. The molecule has 0 unspecified atom stereocenters. The minimum atomic E-state index is 0. The van der Waals surface area contributed by atoms with E-state index < -0.39 is 0 Å². The van der Waals surface area contributed by atoms with E-state index >= 15 is 0 Å². The average Bonchev–Trinajstić information content (AvgIpc) is 1.67. The number of rotatable bonds is 1. The molecular formula is C5H10KNOS2. The number of hydrogen-bond donors (Lipinski definition) is 1. The molecule has 0 fully saturated rings. The molecular weight excluding hydrogens is 193 g/mol. The Balaban J connectivity index is -0.0000000437. The van der Waals surface area contributed by atoms with Gasteiger partial charge >= 0.3 is 51.4 Å². The average molecular weight is 203 g/mol. The number of nitrogens with zero attached hydrogens (tertiary/aromatic N) is 1. The van der Waals surface area contributed by atoms with Gasteiger partial charge in [0, 0.05) is 6.92 Å². The number of hydrogen-bond acceptors (Lipinski definition) is 3. The van der Waals surface area contributed by atoms with Crippen molar-refractivity contribution in [1.29, 1.82) is 5.26 Å². The van der Waals surface area contributed by atoms with Crippen LogP contribution in [0.4, 0.5) is 0 Å². The van der Waals surface area contributed by atoms with Crippen LogP contribution in [0.25, 0.3) is 0 Å². The Morgan fingerprint density at radius 1 is 1.90 bits per heavy atom. The molecule has 0 atom stereocenters. The van der Waals surface area contributed by atoms with Crippen LogP contribution >= 0.6 is 24.8 Å². The van der Waals surface area contributed by atoms with Gasteiger partial charge in [-0.15, -0.1) is 0 Å². The Morgan fingerprint density at radius 3 is 2.20 bits per heavy atom. The normalized spacial score (nSPS) is 5.40. The van der Waals surface area contributed by atoms with Gasteiger partial charge in [0.25, 0.3) is 0 Å². The molecule has 0 aliphatic heterocycles. The van der Waals surface area contributed by atoms with E-state index in [0.717, 1.165) is 0 Å². The van der Waals surface area contributed by atoms with Crippen LogP contribution in [0.1, 0.15) is 15.3 Å². The van der Waals surface area contributed by atoms with Crippen LogP contribution < -0.4 is 51.4 Å². The SMILES string of the molecule is CC#N.CCOC(=S)S.[H-].[K+]. The first-order valence-corrected chi connectivity index (χ1v) is 3.21. The van der Waals surface area contributed by atoms with Gasteiger partial charge in [-0.3, -0.25) is 0 Å². The molecule has 0 heterocycles. The first kappa shape index (κ1) is 17.5. The predicted molar refractivity (Wildman–Crippen MR) is 45.6 cm³/mol. The van der Waals surface area contributed by atoms with Crippen molar-refractivity contribution in [3.63, 3.8) is 0 Å². The maximum Gasteiger partial charge on any atom is 1.00 e. The van der Waals surface area contributed by atoms with Gasteiger partial charge < -0.3 is 6.16 Å². The fourth-order valence-corrected chi connectivity index (χ4v) is 0.370. The quantitative estimate of drug-likeness (QED) is 0.333. The molecule has 0 saturated carbocycles. The molecule has 0 bridgehead atoms. The van der Waals surface area contributed by atoms with E-state index in [4.69, 9.17) is 5.26 Å². The monoisotopic (exact) mass is 203 g/mol. The summed E-state index contributed by atoms with van der Waals surface area (Å²) in [4.78, 5) is 0. The molecule has 0 aromatic rings. The number of thiocarbonyl (C=S) groups is 1. The van der Waals surface area contributed by atoms with Crippen LogP contribution in [0.15, 0.2) is 0 Å². The van der Waals surface area contributed by atoms with Crippen molar-refractivity contribution in [2.75, 3.05) is 6.61 Å². The first-order chi connectivity index (χ1) is 4.18. The molecule has 0 aromatic heterocycles. The van der Waals surface area contributed by atoms with Gasteiger partial charge in [-0.1, -0.05) is 12.6 Å². The Morgan fingerprint density at radius 2 is 2.20 bits per heavy atom. The Kier molecular flexibility index (Phi) is 29.2. The van der Waals surface area contributed by atoms with Gasteiger partial charge in [-0.2, -0.15) is 5.26 Å². The summed E-state index contributed by atoms with van der Waals surface area (Å²) in [6, 6.07) is 1.75. The summed E-state index contributed by atoms with van der Waals surface area (Å²) in [6.07, 6.45) is 0. The van der Waals surface area contributed by atoms with Crippen molar-refractivity contribution >= 4 is 29.2 Å². The Labute approximate surface area is 117 Å². The van der Waals surface area contributed by atoms with E-state index in [1.165, 1.54) is 6.92 Å². The van der Waals surface area contributed by atoms with Gasteiger partial charge in [0.1, 0.15) is 0 Å². The second-order valence-electron chi connectivity index (χ2n) is 0.923. The zero-order chi connectivity index (χ0) is 7.70. The van der Waals surface area contributed by atoms with Gasteiger partial charge in [-0.25, -0.2) is 0 Å². The molecule has 2 nitrogen and oxygen atoms in total. The van der Waals surface area contributed by atoms with Crippen LogP contribution in [0.5, 0.6) is 0 Å². The van der Waals surface area contributed by atoms with E-state index in [-0.39, 0.29) is 52.8 Å². The molecule has 0 rings (SSSR count). The maximum atomic E-state index is 7.32. The fourth-order valence-electron chi connectivity index (χ4n) is 0.123. The minimum absolute atomic E-state index is 0. The van der Waals surface area contributed by atoms with Crippen molar-refractivity contribution in [3.05, 3.63) is 0 Å². The predicted octanol–water partition coefficient (Wildman–Crippen LogP) is -1.12. The third-order valence-corrected chi connectivity index (χ3v) is 0.515. The van der Waals surface area contributed by atoms with Crippen molar-refractivity contribution in [2.24, 2.45) is 0 Å². The molecule has 0 spiro atoms. The summed E-state index contributed by atoms with van der Waals surface area (Å²) in [7, 11) is 0. The number of ether oxygens (including phenoxy) is 1. The van der Waals surface area contributed by atoms with E-state index in [0.29, 0.717) is 11.0 Å². The second-order valence-corrected chi connectivity index (χ2v) is 2.00. The van der Waals surface area contributed by atoms with E-state index in [1.807, 2.05) is 6.92 Å². The smallest absolute Gasteiger partial charge is 1.00 e. The summed E-state index contributed by atoms with van der Waals surface area (Å²) in [6.45, 7) is 3.91. The summed E-state index contributed by atoms with van der Waals surface area (Å²) < 4.78 is 4.95. The third-order valence-electron chi connectivity index (χ3n) is 0.268. The van der Waals surface area contributed by atoms with Crippen LogP contribution in [-0.4, -0.2) is 11.0 Å². The molecule has 0 aliphatic carbocycles. The third kappa shape index (κ3) is 34.4. The first-order valence-electron chi connectivity index (χ1n) is 2.35. The molecule has 0 saturated heterocycles. The minimum Gasteiger partial charge on any atom is -1.00 e. The zero-order valence-corrected chi connectivity index (χ0v) is 11.3. The van der Waals surface area contributed by atoms with Crippen LogP contribution in [0, 0.1) is 11.3 Å². The molecule has 0 N–H and O–H groups in total. The number of nitriles is 1. The summed E-state index contributed by atoms with van der Waals surface area (Å²) in [5.74, 6) is 0. The number of thiol groups is 1.